The molecule has 1 fully saturated rings. The van der Waals surface area contributed by atoms with Crippen LogP contribution in [0.15, 0.2) is 0 Å². The summed E-state index contributed by atoms with van der Waals surface area (Å²) in [6, 6.07) is 1.42. The molecular formula is C14H30N2. The van der Waals surface area contributed by atoms with Crippen LogP contribution in [0.3, 0.4) is 0 Å². The van der Waals surface area contributed by atoms with Gasteiger partial charge in [-0.1, -0.05) is 27.2 Å². The topological polar surface area (TPSA) is 15.3 Å². The Bertz CT molecular complexity index is 182. The maximum absolute atomic E-state index is 3.73. The number of nitrogens with one attached hydrogen (secondary N) is 1. The lowest BCUT2D eigenvalue weighted by atomic mass is 10.0. The summed E-state index contributed by atoms with van der Waals surface area (Å²) < 4.78 is 0. The Kier molecular flexibility index (Phi) is 6.37. The summed E-state index contributed by atoms with van der Waals surface area (Å²) in [4.78, 5) is 2.67. The normalized spacial score (nSPS) is 30.8. The molecule has 1 aliphatic rings. The minimum Gasteiger partial charge on any atom is -0.311 e. The molecule has 0 amide bonds. The van der Waals surface area contributed by atoms with Gasteiger partial charge < -0.3 is 10.2 Å². The van der Waals surface area contributed by atoms with Crippen molar-refractivity contribution in [3.05, 3.63) is 0 Å². The van der Waals surface area contributed by atoms with Gasteiger partial charge in [-0.2, -0.15) is 0 Å². The number of nitrogens with zero attached hydrogens (tertiary/aromatic N) is 1. The lowest BCUT2D eigenvalue weighted by Crippen LogP contribution is -2.44. The first-order valence-electron chi connectivity index (χ1n) is 7.14. The van der Waals surface area contributed by atoms with E-state index in [9.17, 15) is 0 Å². The zero-order chi connectivity index (χ0) is 12.0. The van der Waals surface area contributed by atoms with Crippen LogP contribution in [0.1, 0.15) is 53.4 Å². The average molecular weight is 226 g/mol. The van der Waals surface area contributed by atoms with Gasteiger partial charge in [0.05, 0.1) is 0 Å². The monoisotopic (exact) mass is 226 g/mol. The van der Waals surface area contributed by atoms with Gasteiger partial charge in [0.25, 0.3) is 0 Å². The quantitative estimate of drug-likeness (QED) is 0.793. The standard InChI is InChI=1S/C14H30N2/c1-5-12(3)11-16-9-7-13(4)15-14(6-2)8-10-16/h12-15H,5-11H2,1-4H3. The van der Waals surface area contributed by atoms with Crippen molar-refractivity contribution in [3.8, 4) is 0 Å². The maximum Gasteiger partial charge on any atom is 0.00790 e. The highest BCUT2D eigenvalue weighted by Crippen LogP contribution is 2.12. The molecule has 2 heteroatoms. The van der Waals surface area contributed by atoms with E-state index in [-0.39, 0.29) is 0 Å². The molecule has 0 radical (unpaired) electrons. The van der Waals surface area contributed by atoms with E-state index in [1.54, 1.807) is 0 Å². The molecule has 0 aromatic carbocycles. The fourth-order valence-electron chi connectivity index (χ4n) is 2.47. The summed E-state index contributed by atoms with van der Waals surface area (Å²) in [6.45, 7) is 13.1. The van der Waals surface area contributed by atoms with Crippen LogP contribution in [0.4, 0.5) is 0 Å². The Morgan fingerprint density at radius 1 is 1.25 bits per heavy atom. The zero-order valence-electron chi connectivity index (χ0n) is 11.6. The van der Waals surface area contributed by atoms with Crippen molar-refractivity contribution in [1.82, 2.24) is 10.2 Å². The highest BCUT2D eigenvalue weighted by atomic mass is 15.1. The van der Waals surface area contributed by atoms with Gasteiger partial charge in [0.2, 0.25) is 0 Å². The van der Waals surface area contributed by atoms with E-state index in [1.165, 1.54) is 45.3 Å². The van der Waals surface area contributed by atoms with Crippen molar-refractivity contribution in [2.75, 3.05) is 19.6 Å². The predicted molar refractivity (Wildman–Crippen MR) is 71.8 cm³/mol. The highest BCUT2D eigenvalue weighted by Gasteiger charge is 2.18. The zero-order valence-corrected chi connectivity index (χ0v) is 11.6. The molecule has 0 bridgehead atoms. The fraction of sp³-hybridized carbons (Fsp3) is 1.00. The third-order valence-electron chi connectivity index (χ3n) is 3.95. The van der Waals surface area contributed by atoms with Gasteiger partial charge in [-0.25, -0.2) is 0 Å². The third-order valence-corrected chi connectivity index (χ3v) is 3.95. The smallest absolute Gasteiger partial charge is 0.00790 e. The SMILES string of the molecule is CCC(C)CN1CCC(C)NC(CC)CC1. The molecule has 16 heavy (non-hydrogen) atoms. The van der Waals surface area contributed by atoms with Crippen molar-refractivity contribution in [2.45, 2.75) is 65.5 Å². The van der Waals surface area contributed by atoms with E-state index in [4.69, 9.17) is 0 Å². The van der Waals surface area contributed by atoms with Crippen molar-refractivity contribution in [3.63, 3.8) is 0 Å². The second-order valence-electron chi connectivity index (χ2n) is 5.56. The van der Waals surface area contributed by atoms with E-state index in [1.807, 2.05) is 0 Å². The van der Waals surface area contributed by atoms with E-state index >= 15 is 0 Å². The van der Waals surface area contributed by atoms with Gasteiger partial charge in [-0.15, -0.1) is 0 Å². The van der Waals surface area contributed by atoms with Gasteiger partial charge in [0.1, 0.15) is 0 Å². The fourth-order valence-corrected chi connectivity index (χ4v) is 2.47. The first-order chi connectivity index (χ1) is 7.65. The molecule has 1 saturated heterocycles. The molecule has 2 nitrogen and oxygen atoms in total. The minimum absolute atomic E-state index is 0.685. The van der Waals surface area contributed by atoms with Crippen LogP contribution >= 0.6 is 0 Å². The lowest BCUT2D eigenvalue weighted by molar-refractivity contribution is 0.189. The molecule has 1 heterocycles. The summed E-state index contributed by atoms with van der Waals surface area (Å²) in [5.41, 5.74) is 0. The number of hydrogen-bond donors (Lipinski definition) is 1. The molecule has 0 saturated carbocycles. The molecule has 0 aromatic rings. The van der Waals surface area contributed by atoms with Crippen molar-refractivity contribution in [1.29, 1.82) is 0 Å². The first kappa shape index (κ1) is 14.0. The molecule has 3 atom stereocenters. The third kappa shape index (κ3) is 4.84. The maximum atomic E-state index is 3.73. The average Bonchev–Trinajstić information content (AvgIpc) is 2.27. The van der Waals surface area contributed by atoms with Gasteiger partial charge in [0.15, 0.2) is 0 Å². The molecular weight excluding hydrogens is 196 g/mol. The largest absolute Gasteiger partial charge is 0.311 e. The van der Waals surface area contributed by atoms with Gasteiger partial charge in [0, 0.05) is 18.6 Å². The molecule has 0 aromatic heterocycles. The molecule has 3 unspecified atom stereocenters. The second-order valence-corrected chi connectivity index (χ2v) is 5.56. The van der Waals surface area contributed by atoms with Crippen molar-refractivity contribution < 1.29 is 0 Å². The first-order valence-corrected chi connectivity index (χ1v) is 7.14. The molecule has 96 valence electrons. The van der Waals surface area contributed by atoms with Crippen LogP contribution in [0, 0.1) is 5.92 Å². The van der Waals surface area contributed by atoms with Crippen molar-refractivity contribution in [2.24, 2.45) is 5.92 Å². The number of rotatable bonds is 4. The Balaban J connectivity index is 2.41. The van der Waals surface area contributed by atoms with Crippen LogP contribution in [-0.4, -0.2) is 36.6 Å². The summed E-state index contributed by atoms with van der Waals surface area (Å²) in [5, 5.41) is 3.73. The van der Waals surface area contributed by atoms with Crippen molar-refractivity contribution >= 4 is 0 Å². The van der Waals surface area contributed by atoms with E-state index in [0.717, 1.165) is 12.0 Å². The Labute approximate surface area is 102 Å². The Hall–Kier alpha value is -0.0800. The Morgan fingerprint density at radius 2 is 1.94 bits per heavy atom. The van der Waals surface area contributed by atoms with Gasteiger partial charge in [-0.3, -0.25) is 0 Å². The summed E-state index contributed by atoms with van der Waals surface area (Å²) >= 11 is 0. The lowest BCUT2D eigenvalue weighted by Gasteiger charge is -2.33. The van der Waals surface area contributed by atoms with Crippen LogP contribution in [-0.2, 0) is 0 Å². The van der Waals surface area contributed by atoms with Crippen LogP contribution < -0.4 is 5.32 Å². The number of hydrogen-bond acceptors (Lipinski definition) is 2. The molecule has 1 N–H and O–H groups in total. The highest BCUT2D eigenvalue weighted by molar-refractivity contribution is 4.77. The second kappa shape index (κ2) is 7.29. The van der Waals surface area contributed by atoms with Crippen LogP contribution in [0.25, 0.3) is 0 Å². The minimum atomic E-state index is 0.685. The summed E-state index contributed by atoms with van der Waals surface area (Å²) in [5.74, 6) is 0.850. The van der Waals surface area contributed by atoms with E-state index < -0.39 is 0 Å². The van der Waals surface area contributed by atoms with E-state index in [2.05, 4.69) is 37.9 Å². The molecule has 1 aliphatic heterocycles. The van der Waals surface area contributed by atoms with Gasteiger partial charge >= 0.3 is 0 Å². The Morgan fingerprint density at radius 3 is 2.56 bits per heavy atom. The predicted octanol–water partition coefficient (Wildman–Crippen LogP) is 2.89. The molecule has 1 rings (SSSR count). The van der Waals surface area contributed by atoms with Crippen LogP contribution in [0.5, 0.6) is 0 Å². The van der Waals surface area contributed by atoms with E-state index in [0.29, 0.717) is 6.04 Å². The summed E-state index contributed by atoms with van der Waals surface area (Å²) in [6.07, 6.45) is 5.19. The molecule has 0 spiro atoms. The van der Waals surface area contributed by atoms with Crippen LogP contribution in [0.2, 0.25) is 0 Å². The molecule has 0 aliphatic carbocycles. The van der Waals surface area contributed by atoms with Gasteiger partial charge in [-0.05, 0) is 45.2 Å². The summed E-state index contributed by atoms with van der Waals surface area (Å²) in [7, 11) is 0.